The number of ether oxygens (including phenoxy) is 1. The first-order valence-corrected chi connectivity index (χ1v) is 9.40. The van der Waals surface area contributed by atoms with Gasteiger partial charge in [0.2, 0.25) is 5.88 Å². The number of rotatable bonds is 4. The van der Waals surface area contributed by atoms with Gasteiger partial charge < -0.3 is 13.9 Å². The summed E-state index contributed by atoms with van der Waals surface area (Å²) in [5.41, 5.74) is -0.901. The van der Waals surface area contributed by atoms with Gasteiger partial charge in [0.1, 0.15) is 17.0 Å². The number of imidazole rings is 1. The molecule has 0 N–H and O–H groups in total. The van der Waals surface area contributed by atoms with E-state index in [9.17, 15) is 21.9 Å². The fourth-order valence-electron chi connectivity index (χ4n) is 2.75. The van der Waals surface area contributed by atoms with Gasteiger partial charge in [0.25, 0.3) is 0 Å². The van der Waals surface area contributed by atoms with Gasteiger partial charge in [-0.3, -0.25) is 4.21 Å². The number of nitrogens with zero attached hydrogens (tertiary/aromatic N) is 5. The van der Waals surface area contributed by atoms with Crippen molar-refractivity contribution < 1.29 is 26.7 Å². The Morgan fingerprint density at radius 3 is 2.60 bits per heavy atom. The van der Waals surface area contributed by atoms with Crippen LogP contribution in [0.2, 0.25) is 0 Å². The van der Waals surface area contributed by atoms with E-state index < -0.39 is 22.8 Å². The maximum Gasteiger partial charge on any atom is 0.417 e. The smallest absolute Gasteiger partial charge is 0.417 e. The van der Waals surface area contributed by atoms with Gasteiger partial charge in [0.05, 0.1) is 16.7 Å². The number of pyridine rings is 3. The second-order valence-electron chi connectivity index (χ2n) is 6.08. The molecule has 30 heavy (non-hydrogen) atoms. The number of alkyl halides is 3. The molecular formula is C18H11F3N5O3S-. The van der Waals surface area contributed by atoms with Gasteiger partial charge in [0, 0.05) is 25.5 Å². The van der Waals surface area contributed by atoms with Crippen molar-refractivity contribution in [1.29, 1.82) is 0 Å². The molecule has 0 aliphatic heterocycles. The normalized spacial score (nSPS) is 12.8. The SMILES string of the molecule is Cn1c(-c2ncc(Oc3ccccn3)cc2S(=O)[O-])nc2cc(C(F)(F)F)cnc21. The zero-order chi connectivity index (χ0) is 21.5. The summed E-state index contributed by atoms with van der Waals surface area (Å²) in [7, 11) is 1.50. The molecule has 4 rings (SSSR count). The van der Waals surface area contributed by atoms with Crippen LogP contribution in [0.3, 0.4) is 0 Å². The first kappa shape index (κ1) is 19.9. The third-order valence-corrected chi connectivity index (χ3v) is 4.79. The molecule has 4 heterocycles. The molecule has 0 fully saturated rings. The molecule has 0 spiro atoms. The van der Waals surface area contributed by atoms with Crippen LogP contribution >= 0.6 is 0 Å². The molecule has 8 nitrogen and oxygen atoms in total. The predicted octanol–water partition coefficient (Wildman–Crippen LogP) is 3.47. The van der Waals surface area contributed by atoms with Crippen LogP contribution in [0.25, 0.3) is 22.7 Å². The highest BCUT2D eigenvalue weighted by Crippen LogP contribution is 2.33. The van der Waals surface area contributed by atoms with E-state index in [1.165, 1.54) is 30.1 Å². The summed E-state index contributed by atoms with van der Waals surface area (Å²) in [6, 6.07) is 7.04. The Bertz CT molecular complexity index is 1260. The van der Waals surface area contributed by atoms with Crippen LogP contribution in [0.4, 0.5) is 13.2 Å². The molecule has 0 saturated carbocycles. The Balaban J connectivity index is 1.80. The molecule has 12 heteroatoms. The Labute approximate surface area is 169 Å². The Kier molecular flexibility index (Phi) is 4.95. The van der Waals surface area contributed by atoms with Crippen molar-refractivity contribution in [2.45, 2.75) is 11.1 Å². The molecule has 0 radical (unpaired) electrons. The molecule has 0 aliphatic rings. The minimum absolute atomic E-state index is 0.0411. The first-order valence-electron chi connectivity index (χ1n) is 8.32. The molecule has 0 aliphatic carbocycles. The third-order valence-electron chi connectivity index (χ3n) is 4.12. The topological polar surface area (TPSA) is 106 Å². The van der Waals surface area contributed by atoms with Crippen molar-refractivity contribution in [3.63, 3.8) is 0 Å². The van der Waals surface area contributed by atoms with Crippen molar-refractivity contribution in [1.82, 2.24) is 24.5 Å². The second-order valence-corrected chi connectivity index (χ2v) is 6.99. The number of hydrogen-bond donors (Lipinski definition) is 0. The summed E-state index contributed by atoms with van der Waals surface area (Å²) in [6.45, 7) is 0. The highest BCUT2D eigenvalue weighted by molar-refractivity contribution is 7.79. The third kappa shape index (κ3) is 3.74. The lowest BCUT2D eigenvalue weighted by Gasteiger charge is -2.13. The maximum absolute atomic E-state index is 13.0. The lowest BCUT2D eigenvalue weighted by molar-refractivity contribution is -0.137. The van der Waals surface area contributed by atoms with E-state index in [0.717, 1.165) is 6.07 Å². The number of halogens is 3. The van der Waals surface area contributed by atoms with E-state index in [2.05, 4.69) is 19.9 Å². The van der Waals surface area contributed by atoms with E-state index in [-0.39, 0.29) is 39.2 Å². The van der Waals surface area contributed by atoms with Gasteiger partial charge in [-0.25, -0.2) is 19.9 Å². The number of aryl methyl sites for hydroxylation is 1. The van der Waals surface area contributed by atoms with Crippen LogP contribution in [0.15, 0.2) is 53.8 Å². The van der Waals surface area contributed by atoms with Crippen LogP contribution in [0.1, 0.15) is 5.56 Å². The van der Waals surface area contributed by atoms with Crippen molar-refractivity contribution in [3.8, 4) is 23.1 Å². The van der Waals surface area contributed by atoms with E-state index in [1.54, 1.807) is 18.2 Å². The highest BCUT2D eigenvalue weighted by Gasteiger charge is 2.32. The summed E-state index contributed by atoms with van der Waals surface area (Å²) in [5.74, 6) is 0.398. The Morgan fingerprint density at radius 1 is 1.13 bits per heavy atom. The van der Waals surface area contributed by atoms with Crippen molar-refractivity contribution in [3.05, 3.63) is 54.5 Å². The molecule has 0 aromatic carbocycles. The molecule has 1 unspecified atom stereocenters. The monoisotopic (exact) mass is 434 g/mol. The number of fused-ring (bicyclic) bond motifs is 1. The standard InChI is InChI=1S/C18H12F3N5O3S/c1-26-16-12(6-10(8-24-16)18(19,20)21)25-17(26)15-13(30(27)28)7-11(9-23-15)29-14-4-2-3-5-22-14/h2-9H,1H3,(H,27,28)/p-1. The average molecular weight is 434 g/mol. The molecule has 0 bridgehead atoms. The van der Waals surface area contributed by atoms with Crippen LogP contribution in [0.5, 0.6) is 11.6 Å². The molecular weight excluding hydrogens is 423 g/mol. The van der Waals surface area contributed by atoms with E-state index in [0.29, 0.717) is 6.20 Å². The minimum atomic E-state index is -4.58. The Hall–Kier alpha value is -3.38. The summed E-state index contributed by atoms with van der Waals surface area (Å²) >= 11 is -2.72. The molecule has 4 aromatic heterocycles. The van der Waals surface area contributed by atoms with Crippen LogP contribution < -0.4 is 4.74 Å². The predicted molar refractivity (Wildman–Crippen MR) is 98.2 cm³/mol. The van der Waals surface area contributed by atoms with Crippen LogP contribution in [-0.2, 0) is 24.3 Å². The maximum atomic E-state index is 13.0. The van der Waals surface area contributed by atoms with E-state index >= 15 is 0 Å². The molecule has 1 atom stereocenters. The minimum Gasteiger partial charge on any atom is -0.768 e. The first-order chi connectivity index (χ1) is 14.2. The van der Waals surface area contributed by atoms with Crippen LogP contribution in [0, 0.1) is 0 Å². The summed E-state index contributed by atoms with van der Waals surface area (Å²) in [6.07, 6.45) is -1.11. The molecule has 0 saturated heterocycles. The quantitative estimate of drug-likeness (QED) is 0.453. The lowest BCUT2D eigenvalue weighted by atomic mass is 10.2. The lowest BCUT2D eigenvalue weighted by Crippen LogP contribution is -2.05. The summed E-state index contributed by atoms with van der Waals surface area (Å²) < 4.78 is 69.3. The van der Waals surface area contributed by atoms with Gasteiger partial charge in [-0.2, -0.15) is 13.2 Å². The number of aromatic nitrogens is 5. The molecule has 4 aromatic rings. The van der Waals surface area contributed by atoms with Gasteiger partial charge in [0.15, 0.2) is 11.5 Å². The van der Waals surface area contributed by atoms with Gasteiger partial charge in [-0.15, -0.1) is 0 Å². The average Bonchev–Trinajstić information content (AvgIpc) is 3.04. The summed E-state index contributed by atoms with van der Waals surface area (Å²) in [5, 5.41) is 0. The van der Waals surface area contributed by atoms with Crippen molar-refractivity contribution in [2.75, 3.05) is 0 Å². The summed E-state index contributed by atoms with van der Waals surface area (Å²) in [4.78, 5) is 15.8. The van der Waals surface area contributed by atoms with Crippen molar-refractivity contribution >= 4 is 22.2 Å². The van der Waals surface area contributed by atoms with Crippen LogP contribution in [-0.4, -0.2) is 33.3 Å². The molecule has 154 valence electrons. The van der Waals surface area contributed by atoms with E-state index in [1.807, 2.05) is 0 Å². The van der Waals surface area contributed by atoms with E-state index in [4.69, 9.17) is 4.74 Å². The molecule has 0 amide bonds. The van der Waals surface area contributed by atoms with Gasteiger partial charge in [-0.1, -0.05) is 6.07 Å². The zero-order valence-electron chi connectivity index (χ0n) is 15.1. The largest absolute Gasteiger partial charge is 0.768 e. The highest BCUT2D eigenvalue weighted by atomic mass is 32.2. The van der Waals surface area contributed by atoms with Gasteiger partial charge in [-0.05, 0) is 29.3 Å². The number of hydrogen-bond acceptors (Lipinski definition) is 7. The van der Waals surface area contributed by atoms with Crippen molar-refractivity contribution in [2.24, 2.45) is 7.05 Å². The zero-order valence-corrected chi connectivity index (χ0v) is 15.9. The van der Waals surface area contributed by atoms with Gasteiger partial charge >= 0.3 is 6.18 Å². The fourth-order valence-corrected chi connectivity index (χ4v) is 3.26. The second kappa shape index (κ2) is 7.46. The fraction of sp³-hybridized carbons (Fsp3) is 0.111. The Morgan fingerprint density at radius 2 is 1.93 bits per heavy atom.